The van der Waals surface area contributed by atoms with Crippen molar-refractivity contribution in [1.29, 1.82) is 0 Å². The Bertz CT molecular complexity index is 470. The summed E-state index contributed by atoms with van der Waals surface area (Å²) in [5.74, 6) is 2.07. The van der Waals surface area contributed by atoms with E-state index < -0.39 is 0 Å². The van der Waals surface area contributed by atoms with Crippen LogP contribution in [0.1, 0.15) is 44.1 Å². The van der Waals surface area contributed by atoms with E-state index >= 15 is 0 Å². The summed E-state index contributed by atoms with van der Waals surface area (Å²) in [6.45, 7) is 3.84. The average molecular weight is 273 g/mol. The standard InChI is InChI=1S/C17H23NO2/c1-12(13-2-3-13)17(20)18-10-8-15(9-11-18)14-4-6-16(19)7-5-14/h4-7,12-13,15,19H,2-3,8-11H2,1H3. The van der Waals surface area contributed by atoms with E-state index in [1.165, 1.54) is 18.4 Å². The first kappa shape index (κ1) is 13.5. The number of carbonyl (C=O) groups is 1. The van der Waals surface area contributed by atoms with Gasteiger partial charge in [0.25, 0.3) is 0 Å². The topological polar surface area (TPSA) is 40.5 Å². The Morgan fingerprint density at radius 2 is 1.75 bits per heavy atom. The zero-order valence-corrected chi connectivity index (χ0v) is 12.1. The minimum Gasteiger partial charge on any atom is -0.508 e. The number of benzene rings is 1. The minimum atomic E-state index is 0.222. The van der Waals surface area contributed by atoms with Crippen molar-refractivity contribution >= 4 is 5.91 Å². The van der Waals surface area contributed by atoms with Gasteiger partial charge >= 0.3 is 0 Å². The van der Waals surface area contributed by atoms with E-state index in [-0.39, 0.29) is 5.92 Å². The van der Waals surface area contributed by atoms with Gasteiger partial charge in [0.2, 0.25) is 5.91 Å². The lowest BCUT2D eigenvalue weighted by atomic mass is 9.89. The molecule has 0 radical (unpaired) electrons. The number of amides is 1. The van der Waals surface area contributed by atoms with Crippen LogP contribution in [0.4, 0.5) is 0 Å². The Morgan fingerprint density at radius 3 is 2.30 bits per heavy atom. The van der Waals surface area contributed by atoms with E-state index in [0.29, 0.717) is 23.5 Å². The van der Waals surface area contributed by atoms with Gasteiger partial charge in [-0.2, -0.15) is 0 Å². The molecule has 3 rings (SSSR count). The summed E-state index contributed by atoms with van der Waals surface area (Å²) in [7, 11) is 0. The first-order valence-corrected chi connectivity index (χ1v) is 7.73. The molecule has 1 amide bonds. The first-order chi connectivity index (χ1) is 9.65. The van der Waals surface area contributed by atoms with Gasteiger partial charge in [-0.1, -0.05) is 19.1 Å². The van der Waals surface area contributed by atoms with Crippen LogP contribution < -0.4 is 0 Å². The molecular formula is C17H23NO2. The molecule has 1 unspecified atom stereocenters. The molecule has 3 nitrogen and oxygen atoms in total. The predicted molar refractivity (Wildman–Crippen MR) is 78.5 cm³/mol. The second-order valence-corrected chi connectivity index (χ2v) is 6.32. The molecule has 1 saturated carbocycles. The molecule has 1 aromatic carbocycles. The third-order valence-electron chi connectivity index (χ3n) is 4.89. The van der Waals surface area contributed by atoms with Gasteiger partial charge in [-0.15, -0.1) is 0 Å². The van der Waals surface area contributed by atoms with E-state index in [1.54, 1.807) is 12.1 Å². The smallest absolute Gasteiger partial charge is 0.225 e. The van der Waals surface area contributed by atoms with E-state index in [0.717, 1.165) is 25.9 Å². The molecule has 1 N–H and O–H groups in total. The summed E-state index contributed by atoms with van der Waals surface area (Å²) < 4.78 is 0. The highest BCUT2D eigenvalue weighted by Gasteiger charge is 2.35. The monoisotopic (exact) mass is 273 g/mol. The molecule has 2 fully saturated rings. The van der Waals surface area contributed by atoms with Crippen molar-refractivity contribution in [1.82, 2.24) is 4.90 Å². The van der Waals surface area contributed by atoms with Gasteiger partial charge in [-0.05, 0) is 55.2 Å². The SMILES string of the molecule is CC(C(=O)N1CCC(c2ccc(O)cc2)CC1)C1CC1. The molecule has 2 aliphatic rings. The molecule has 0 aromatic heterocycles. The normalized spacial score (nSPS) is 21.8. The molecule has 1 saturated heterocycles. The fraction of sp³-hybridized carbons (Fsp3) is 0.588. The molecule has 1 aromatic rings. The molecule has 0 bridgehead atoms. The number of carbonyl (C=O) groups excluding carboxylic acids is 1. The molecule has 1 atom stereocenters. The minimum absolute atomic E-state index is 0.222. The van der Waals surface area contributed by atoms with Crippen molar-refractivity contribution in [3.05, 3.63) is 29.8 Å². The van der Waals surface area contributed by atoms with Gasteiger partial charge in [0.05, 0.1) is 0 Å². The number of phenolic OH excluding ortho intramolecular Hbond substituents is 1. The summed E-state index contributed by atoms with van der Waals surface area (Å²) in [5, 5.41) is 9.34. The van der Waals surface area contributed by atoms with Crippen LogP contribution in [0.5, 0.6) is 5.75 Å². The fourth-order valence-electron chi connectivity index (χ4n) is 3.27. The molecule has 108 valence electrons. The van der Waals surface area contributed by atoms with Gasteiger partial charge in [-0.3, -0.25) is 4.79 Å². The maximum atomic E-state index is 12.4. The van der Waals surface area contributed by atoms with E-state index in [1.807, 2.05) is 12.1 Å². The van der Waals surface area contributed by atoms with Gasteiger partial charge in [0, 0.05) is 19.0 Å². The molecule has 1 heterocycles. The van der Waals surface area contributed by atoms with E-state index in [2.05, 4.69) is 11.8 Å². The number of nitrogens with zero attached hydrogens (tertiary/aromatic N) is 1. The quantitative estimate of drug-likeness (QED) is 0.919. The summed E-state index contributed by atoms with van der Waals surface area (Å²) >= 11 is 0. The van der Waals surface area contributed by atoms with Crippen molar-refractivity contribution in [2.75, 3.05) is 13.1 Å². The van der Waals surface area contributed by atoms with Gasteiger partial charge < -0.3 is 10.0 Å². The molecule has 1 aliphatic heterocycles. The number of rotatable bonds is 3. The molecule has 0 spiro atoms. The zero-order valence-electron chi connectivity index (χ0n) is 12.1. The molecule has 1 aliphatic carbocycles. The highest BCUT2D eigenvalue weighted by Crippen LogP contribution is 2.38. The Morgan fingerprint density at radius 1 is 1.15 bits per heavy atom. The van der Waals surface area contributed by atoms with Crippen LogP contribution in [0, 0.1) is 11.8 Å². The lowest BCUT2D eigenvalue weighted by Crippen LogP contribution is -2.41. The second-order valence-electron chi connectivity index (χ2n) is 6.32. The van der Waals surface area contributed by atoms with Crippen LogP contribution >= 0.6 is 0 Å². The highest BCUT2D eigenvalue weighted by atomic mass is 16.3. The lowest BCUT2D eigenvalue weighted by Gasteiger charge is -2.34. The Balaban J connectivity index is 1.56. The lowest BCUT2D eigenvalue weighted by molar-refractivity contribution is -0.136. The third-order valence-corrected chi connectivity index (χ3v) is 4.89. The summed E-state index contributed by atoms with van der Waals surface area (Å²) in [6, 6.07) is 7.51. The maximum Gasteiger partial charge on any atom is 0.225 e. The average Bonchev–Trinajstić information content (AvgIpc) is 3.31. The van der Waals surface area contributed by atoms with E-state index in [4.69, 9.17) is 0 Å². The molecule has 20 heavy (non-hydrogen) atoms. The largest absolute Gasteiger partial charge is 0.508 e. The first-order valence-electron chi connectivity index (χ1n) is 7.73. The fourth-order valence-corrected chi connectivity index (χ4v) is 3.27. The second kappa shape index (κ2) is 5.47. The van der Waals surface area contributed by atoms with Crippen LogP contribution in [-0.2, 0) is 4.79 Å². The summed E-state index contributed by atoms with van der Waals surface area (Å²) in [4.78, 5) is 14.4. The van der Waals surface area contributed by atoms with E-state index in [9.17, 15) is 9.90 Å². The highest BCUT2D eigenvalue weighted by molar-refractivity contribution is 5.79. The Hall–Kier alpha value is -1.51. The Kier molecular flexibility index (Phi) is 3.68. The van der Waals surface area contributed by atoms with Gasteiger partial charge in [-0.25, -0.2) is 0 Å². The number of piperidine rings is 1. The number of hydrogen-bond acceptors (Lipinski definition) is 2. The molecular weight excluding hydrogens is 250 g/mol. The number of hydrogen-bond donors (Lipinski definition) is 1. The van der Waals surface area contributed by atoms with Crippen LogP contribution in [-0.4, -0.2) is 29.0 Å². The van der Waals surface area contributed by atoms with Crippen molar-refractivity contribution in [2.45, 2.75) is 38.5 Å². The third kappa shape index (κ3) is 2.82. The maximum absolute atomic E-state index is 12.4. The summed E-state index contributed by atoms with van der Waals surface area (Å²) in [6.07, 6.45) is 4.54. The van der Waals surface area contributed by atoms with Crippen LogP contribution in [0.2, 0.25) is 0 Å². The van der Waals surface area contributed by atoms with Crippen LogP contribution in [0.15, 0.2) is 24.3 Å². The summed E-state index contributed by atoms with van der Waals surface area (Å²) in [5.41, 5.74) is 1.28. The van der Waals surface area contributed by atoms with Crippen LogP contribution in [0.25, 0.3) is 0 Å². The zero-order chi connectivity index (χ0) is 14.1. The van der Waals surface area contributed by atoms with Gasteiger partial charge in [0.15, 0.2) is 0 Å². The number of phenols is 1. The Labute approximate surface area is 120 Å². The van der Waals surface area contributed by atoms with Crippen LogP contribution in [0.3, 0.4) is 0 Å². The molecule has 3 heteroatoms. The van der Waals surface area contributed by atoms with Crippen molar-refractivity contribution in [2.24, 2.45) is 11.8 Å². The van der Waals surface area contributed by atoms with Gasteiger partial charge in [0.1, 0.15) is 5.75 Å². The van der Waals surface area contributed by atoms with Crippen molar-refractivity contribution in [3.8, 4) is 5.75 Å². The number of likely N-dealkylation sites (tertiary alicyclic amines) is 1. The predicted octanol–water partition coefficient (Wildman–Crippen LogP) is 3.14. The van der Waals surface area contributed by atoms with Crippen molar-refractivity contribution in [3.63, 3.8) is 0 Å². The number of aromatic hydroxyl groups is 1. The van der Waals surface area contributed by atoms with Crippen molar-refractivity contribution < 1.29 is 9.90 Å².